The van der Waals surface area contributed by atoms with Gasteiger partial charge in [0.2, 0.25) is 4.96 Å². The average Bonchev–Trinajstić information content (AvgIpc) is 3.34. The fourth-order valence-electron chi connectivity index (χ4n) is 3.07. The molecule has 0 aliphatic carbocycles. The number of nitrogens with zero attached hydrogens (tertiary/aromatic N) is 4. The Balaban J connectivity index is 1.43. The van der Waals surface area contributed by atoms with Gasteiger partial charge in [-0.1, -0.05) is 49.4 Å². The first-order chi connectivity index (χ1) is 14.5. The number of aromatic nitrogens is 4. The third-order valence-corrected chi connectivity index (χ3v) is 5.94. The molecule has 1 unspecified atom stereocenters. The fraction of sp³-hybridized carbons (Fsp3) is 0.273. The monoisotopic (exact) mass is 421 g/mol. The van der Waals surface area contributed by atoms with Crippen molar-refractivity contribution in [3.8, 4) is 16.3 Å². The zero-order chi connectivity index (χ0) is 21.1. The fourth-order valence-corrected chi connectivity index (χ4v) is 3.99. The summed E-state index contributed by atoms with van der Waals surface area (Å²) in [7, 11) is 0. The van der Waals surface area contributed by atoms with Crippen molar-refractivity contribution in [3.63, 3.8) is 0 Å². The highest BCUT2D eigenvalue weighted by Gasteiger charge is 2.15. The number of ether oxygens (including phenoxy) is 1. The van der Waals surface area contributed by atoms with Crippen molar-refractivity contribution < 1.29 is 9.53 Å². The van der Waals surface area contributed by atoms with Crippen LogP contribution in [-0.2, 0) is 4.79 Å². The number of nitrogens with one attached hydrogen (secondary N) is 1. The maximum atomic E-state index is 12.5. The van der Waals surface area contributed by atoms with Crippen LogP contribution in [0.2, 0.25) is 0 Å². The number of amides is 1. The lowest BCUT2D eigenvalue weighted by atomic mass is 9.99. The molecule has 1 N–H and O–H groups in total. The Kier molecular flexibility index (Phi) is 5.76. The number of hydrogen-bond donors (Lipinski definition) is 1. The second-order valence-corrected chi connectivity index (χ2v) is 8.07. The Morgan fingerprint density at radius 2 is 1.93 bits per heavy atom. The number of carbonyl (C=O) groups excluding carboxylic acids is 1. The molecule has 1 amide bonds. The van der Waals surface area contributed by atoms with Crippen molar-refractivity contribution in [1.29, 1.82) is 0 Å². The van der Waals surface area contributed by atoms with Gasteiger partial charge in [0, 0.05) is 5.56 Å². The molecule has 30 heavy (non-hydrogen) atoms. The van der Waals surface area contributed by atoms with Crippen LogP contribution in [0.4, 0.5) is 5.69 Å². The van der Waals surface area contributed by atoms with Crippen molar-refractivity contribution in [2.75, 3.05) is 11.9 Å². The van der Waals surface area contributed by atoms with E-state index in [2.05, 4.69) is 34.5 Å². The van der Waals surface area contributed by atoms with Crippen LogP contribution in [0, 0.1) is 6.92 Å². The van der Waals surface area contributed by atoms with E-state index in [-0.39, 0.29) is 12.5 Å². The third kappa shape index (κ3) is 4.18. The number of rotatable bonds is 7. The molecule has 1 atom stereocenters. The zero-order valence-electron chi connectivity index (χ0n) is 17.1. The molecule has 0 fully saturated rings. The Labute approximate surface area is 178 Å². The van der Waals surface area contributed by atoms with Crippen molar-refractivity contribution in [1.82, 2.24) is 19.8 Å². The first kappa shape index (κ1) is 20.0. The lowest BCUT2D eigenvalue weighted by molar-refractivity contribution is -0.118. The van der Waals surface area contributed by atoms with Crippen LogP contribution in [0.1, 0.15) is 37.6 Å². The number of anilines is 1. The lowest BCUT2D eigenvalue weighted by Crippen LogP contribution is -2.20. The maximum absolute atomic E-state index is 12.5. The molecule has 2 aromatic heterocycles. The van der Waals surface area contributed by atoms with E-state index in [0.29, 0.717) is 22.3 Å². The minimum Gasteiger partial charge on any atom is -0.484 e. The smallest absolute Gasteiger partial charge is 0.262 e. The topological polar surface area (TPSA) is 81.4 Å². The van der Waals surface area contributed by atoms with Gasteiger partial charge in [-0.15, -0.1) is 10.2 Å². The molecular weight excluding hydrogens is 398 g/mol. The van der Waals surface area contributed by atoms with Gasteiger partial charge in [-0.3, -0.25) is 4.79 Å². The molecule has 0 saturated heterocycles. The standard InChI is InChI=1S/C22H23N5O2S/c1-4-14(2)16-9-11-17(12-10-16)29-13-20(28)23-19-8-6-5-7-18(19)21-26-27-15(3)24-25-22(27)30-21/h5-12,14H,4,13H2,1-3H3,(H,23,28). The molecule has 2 aromatic carbocycles. The summed E-state index contributed by atoms with van der Waals surface area (Å²) in [5, 5.41) is 16.4. The molecule has 8 heteroatoms. The molecule has 0 aliphatic heterocycles. The van der Waals surface area contributed by atoms with E-state index in [1.54, 1.807) is 4.52 Å². The average molecular weight is 422 g/mol. The molecule has 0 spiro atoms. The number of benzene rings is 2. The summed E-state index contributed by atoms with van der Waals surface area (Å²) in [5.41, 5.74) is 2.78. The van der Waals surface area contributed by atoms with E-state index in [0.717, 1.165) is 22.8 Å². The van der Waals surface area contributed by atoms with Crippen LogP contribution >= 0.6 is 11.3 Å². The molecule has 4 aromatic rings. The Hall–Kier alpha value is -3.26. The van der Waals surface area contributed by atoms with Crippen LogP contribution in [-0.4, -0.2) is 32.3 Å². The van der Waals surface area contributed by atoms with Crippen molar-refractivity contribution in [3.05, 3.63) is 59.9 Å². The predicted molar refractivity (Wildman–Crippen MR) is 118 cm³/mol. The SMILES string of the molecule is CCC(C)c1ccc(OCC(=O)Nc2ccccc2-c2nn3c(C)nnc3s2)cc1. The first-order valence-electron chi connectivity index (χ1n) is 9.86. The number of para-hydroxylation sites is 1. The highest BCUT2D eigenvalue weighted by molar-refractivity contribution is 7.19. The van der Waals surface area contributed by atoms with E-state index in [1.807, 2.05) is 55.5 Å². The van der Waals surface area contributed by atoms with Gasteiger partial charge in [0.1, 0.15) is 10.8 Å². The molecule has 0 bridgehead atoms. The summed E-state index contributed by atoms with van der Waals surface area (Å²) in [6.45, 7) is 6.14. The molecule has 0 aliphatic rings. The summed E-state index contributed by atoms with van der Waals surface area (Å²) in [6.07, 6.45) is 1.09. The second-order valence-electron chi connectivity index (χ2n) is 7.11. The van der Waals surface area contributed by atoms with Gasteiger partial charge in [0.15, 0.2) is 12.4 Å². The van der Waals surface area contributed by atoms with Crippen molar-refractivity contribution >= 4 is 27.9 Å². The van der Waals surface area contributed by atoms with Crippen LogP contribution in [0.15, 0.2) is 48.5 Å². The van der Waals surface area contributed by atoms with Gasteiger partial charge in [-0.2, -0.15) is 9.61 Å². The van der Waals surface area contributed by atoms with Crippen LogP contribution in [0.5, 0.6) is 5.75 Å². The maximum Gasteiger partial charge on any atom is 0.262 e. The summed E-state index contributed by atoms with van der Waals surface area (Å²) >= 11 is 1.42. The third-order valence-electron chi connectivity index (χ3n) is 5.01. The highest BCUT2D eigenvalue weighted by atomic mass is 32.1. The molecule has 7 nitrogen and oxygen atoms in total. The van der Waals surface area contributed by atoms with Crippen molar-refractivity contribution in [2.24, 2.45) is 0 Å². The van der Waals surface area contributed by atoms with Crippen LogP contribution in [0.3, 0.4) is 0 Å². The molecule has 2 heterocycles. The number of carbonyl (C=O) groups is 1. The molecule has 0 saturated carbocycles. The lowest BCUT2D eigenvalue weighted by Gasteiger charge is -2.12. The molecule has 154 valence electrons. The van der Waals surface area contributed by atoms with Crippen molar-refractivity contribution in [2.45, 2.75) is 33.1 Å². The van der Waals surface area contributed by atoms with Gasteiger partial charge < -0.3 is 10.1 Å². The van der Waals surface area contributed by atoms with Crippen LogP contribution < -0.4 is 10.1 Å². The molecular formula is C22H23N5O2S. The minimum absolute atomic E-state index is 0.0682. The van der Waals surface area contributed by atoms with Gasteiger partial charge in [-0.05, 0) is 49.1 Å². The Morgan fingerprint density at radius 3 is 2.67 bits per heavy atom. The minimum atomic E-state index is -0.229. The predicted octanol–water partition coefficient (Wildman–Crippen LogP) is 4.69. The summed E-state index contributed by atoms with van der Waals surface area (Å²) in [4.78, 5) is 13.2. The number of fused-ring (bicyclic) bond motifs is 1. The van der Waals surface area contributed by atoms with Gasteiger partial charge in [0.05, 0.1) is 5.69 Å². The zero-order valence-corrected chi connectivity index (χ0v) is 17.9. The van der Waals surface area contributed by atoms with Gasteiger partial charge in [-0.25, -0.2) is 0 Å². The first-order valence-corrected chi connectivity index (χ1v) is 10.7. The van der Waals surface area contributed by atoms with Gasteiger partial charge >= 0.3 is 0 Å². The van der Waals surface area contributed by atoms with E-state index in [4.69, 9.17) is 4.74 Å². The number of aryl methyl sites for hydroxylation is 1. The molecule has 0 radical (unpaired) electrons. The van der Waals surface area contributed by atoms with E-state index < -0.39 is 0 Å². The van der Waals surface area contributed by atoms with Crippen LogP contribution in [0.25, 0.3) is 15.5 Å². The van der Waals surface area contributed by atoms with E-state index in [1.165, 1.54) is 16.9 Å². The Bertz CT molecular complexity index is 1170. The number of hydrogen-bond acceptors (Lipinski definition) is 6. The highest BCUT2D eigenvalue weighted by Crippen LogP contribution is 2.31. The molecule has 4 rings (SSSR count). The quantitative estimate of drug-likeness (QED) is 0.468. The van der Waals surface area contributed by atoms with E-state index >= 15 is 0 Å². The Morgan fingerprint density at radius 1 is 1.17 bits per heavy atom. The summed E-state index contributed by atoms with van der Waals surface area (Å²) < 4.78 is 7.36. The summed E-state index contributed by atoms with van der Waals surface area (Å²) in [5.74, 6) is 1.68. The van der Waals surface area contributed by atoms with E-state index in [9.17, 15) is 4.79 Å². The summed E-state index contributed by atoms with van der Waals surface area (Å²) in [6, 6.07) is 15.5. The largest absolute Gasteiger partial charge is 0.484 e. The second kappa shape index (κ2) is 8.62. The van der Waals surface area contributed by atoms with Gasteiger partial charge in [0.25, 0.3) is 5.91 Å². The normalized spacial score (nSPS) is 12.1.